The lowest BCUT2D eigenvalue weighted by Gasteiger charge is -2.28. The first-order valence-electron chi connectivity index (χ1n) is 8.72. The molecule has 2 heterocycles. The number of anilines is 1. The lowest BCUT2D eigenvalue weighted by Crippen LogP contribution is -2.37. The average Bonchev–Trinajstić information content (AvgIpc) is 2.93. The minimum absolute atomic E-state index is 0.100. The van der Waals surface area contributed by atoms with E-state index in [0.29, 0.717) is 22.9 Å². The minimum atomic E-state index is -0.100. The summed E-state index contributed by atoms with van der Waals surface area (Å²) in [7, 11) is 3.25. The van der Waals surface area contributed by atoms with Crippen molar-refractivity contribution in [1.29, 1.82) is 5.26 Å². The maximum atomic E-state index is 12.5. The molecule has 0 atom stereocenters. The number of rotatable bonds is 5. The summed E-state index contributed by atoms with van der Waals surface area (Å²) in [4.78, 5) is 15.7. The van der Waals surface area contributed by atoms with Crippen LogP contribution in [0, 0.1) is 25.2 Å². The Morgan fingerprint density at radius 2 is 1.93 bits per heavy atom. The van der Waals surface area contributed by atoms with Crippen LogP contribution in [-0.2, 0) is 17.8 Å². The molecular weight excluding hydrogens is 362 g/mol. The van der Waals surface area contributed by atoms with Crippen LogP contribution in [-0.4, -0.2) is 38.1 Å². The third-order valence-corrected chi connectivity index (χ3v) is 6.04. The van der Waals surface area contributed by atoms with Crippen LogP contribution in [0.2, 0.25) is 0 Å². The van der Waals surface area contributed by atoms with Crippen molar-refractivity contribution in [3.05, 3.63) is 39.3 Å². The highest BCUT2D eigenvalue weighted by atomic mass is 32.1. The van der Waals surface area contributed by atoms with Crippen molar-refractivity contribution in [2.24, 2.45) is 0 Å². The Morgan fingerprint density at radius 3 is 2.56 bits per heavy atom. The highest BCUT2D eigenvalue weighted by Crippen LogP contribution is 2.34. The topological polar surface area (TPSA) is 74.6 Å². The van der Waals surface area contributed by atoms with Crippen LogP contribution in [0.15, 0.2) is 12.1 Å². The van der Waals surface area contributed by atoms with E-state index in [0.717, 1.165) is 34.7 Å². The molecule has 3 rings (SSSR count). The second-order valence-electron chi connectivity index (χ2n) is 6.58. The zero-order valence-electron chi connectivity index (χ0n) is 16.0. The summed E-state index contributed by atoms with van der Waals surface area (Å²) in [6, 6.07) is 6.19. The van der Waals surface area contributed by atoms with Crippen LogP contribution in [0.4, 0.5) is 5.00 Å². The van der Waals surface area contributed by atoms with Crippen LogP contribution in [0.1, 0.15) is 27.1 Å². The third kappa shape index (κ3) is 3.92. The minimum Gasteiger partial charge on any atom is -0.493 e. The number of nitrogens with zero attached hydrogens (tertiary/aromatic N) is 2. The summed E-state index contributed by atoms with van der Waals surface area (Å²) in [5, 5.41) is 12.9. The second-order valence-corrected chi connectivity index (χ2v) is 7.81. The van der Waals surface area contributed by atoms with Gasteiger partial charge in [-0.2, -0.15) is 5.26 Å². The molecule has 7 heteroatoms. The van der Waals surface area contributed by atoms with Crippen LogP contribution in [0.25, 0.3) is 0 Å². The molecule has 2 aromatic rings. The predicted octanol–water partition coefficient (Wildman–Crippen LogP) is 3.25. The monoisotopic (exact) mass is 385 g/mol. The molecule has 1 aliphatic rings. The number of hydrogen-bond acceptors (Lipinski definition) is 6. The van der Waals surface area contributed by atoms with Gasteiger partial charge in [-0.05, 0) is 49.1 Å². The number of thiophene rings is 1. The van der Waals surface area contributed by atoms with E-state index in [1.165, 1.54) is 16.9 Å². The van der Waals surface area contributed by atoms with Crippen molar-refractivity contribution < 1.29 is 14.3 Å². The fourth-order valence-corrected chi connectivity index (χ4v) is 4.32. The van der Waals surface area contributed by atoms with E-state index in [2.05, 4.69) is 16.3 Å². The first-order valence-corrected chi connectivity index (χ1v) is 9.54. The normalized spacial score (nSPS) is 13.6. The van der Waals surface area contributed by atoms with Gasteiger partial charge in [-0.1, -0.05) is 0 Å². The number of aryl methyl sites for hydroxylation is 1. The summed E-state index contributed by atoms with van der Waals surface area (Å²) in [6.45, 7) is 5.62. The number of amides is 1. The molecule has 0 unspecified atom stereocenters. The quantitative estimate of drug-likeness (QED) is 0.855. The van der Waals surface area contributed by atoms with Crippen molar-refractivity contribution in [2.75, 3.05) is 32.6 Å². The van der Waals surface area contributed by atoms with Crippen molar-refractivity contribution in [3.63, 3.8) is 0 Å². The Kier molecular flexibility index (Phi) is 5.68. The van der Waals surface area contributed by atoms with E-state index < -0.39 is 0 Å². The van der Waals surface area contributed by atoms with Crippen LogP contribution < -0.4 is 14.8 Å². The van der Waals surface area contributed by atoms with Gasteiger partial charge < -0.3 is 14.8 Å². The van der Waals surface area contributed by atoms with Gasteiger partial charge in [0.2, 0.25) is 5.91 Å². The standard InChI is InChI=1S/C20H23N3O3S/c1-12-13(2)27-20(16(12)9-21)22-19(24)11-23-6-5-14-7-17(25-3)18(26-4)8-15(14)10-23/h7-8H,5-6,10-11H2,1-4H3,(H,22,24). The fourth-order valence-electron chi connectivity index (χ4n) is 3.30. The van der Waals surface area contributed by atoms with Gasteiger partial charge >= 0.3 is 0 Å². The van der Waals surface area contributed by atoms with Crippen LogP contribution >= 0.6 is 11.3 Å². The van der Waals surface area contributed by atoms with Crippen molar-refractivity contribution in [1.82, 2.24) is 4.90 Å². The molecule has 0 radical (unpaired) electrons. The van der Waals surface area contributed by atoms with Crippen molar-refractivity contribution in [2.45, 2.75) is 26.8 Å². The highest BCUT2D eigenvalue weighted by molar-refractivity contribution is 7.16. The molecule has 142 valence electrons. The average molecular weight is 385 g/mol. The Balaban J connectivity index is 1.69. The molecule has 0 spiro atoms. The molecule has 1 aromatic heterocycles. The van der Waals surface area contributed by atoms with E-state index in [4.69, 9.17) is 9.47 Å². The van der Waals surface area contributed by atoms with Crippen LogP contribution in [0.3, 0.4) is 0 Å². The second kappa shape index (κ2) is 7.99. The number of nitrogens with one attached hydrogen (secondary N) is 1. The first kappa shape index (κ1) is 19.2. The van der Waals surface area contributed by atoms with Gasteiger partial charge in [-0.25, -0.2) is 0 Å². The maximum absolute atomic E-state index is 12.5. The van der Waals surface area contributed by atoms with E-state index in [1.54, 1.807) is 14.2 Å². The number of hydrogen-bond donors (Lipinski definition) is 1. The maximum Gasteiger partial charge on any atom is 0.239 e. The molecule has 1 N–H and O–H groups in total. The predicted molar refractivity (Wildman–Crippen MR) is 106 cm³/mol. The summed E-state index contributed by atoms with van der Waals surface area (Å²) in [5.74, 6) is 1.33. The first-order chi connectivity index (χ1) is 13.0. The van der Waals surface area contributed by atoms with E-state index in [-0.39, 0.29) is 12.5 Å². The Hall–Kier alpha value is -2.56. The lowest BCUT2D eigenvalue weighted by atomic mass is 9.99. The SMILES string of the molecule is COc1cc2c(cc1OC)CN(CC(=O)Nc1sc(C)c(C)c1C#N)CC2. The van der Waals surface area contributed by atoms with Crippen molar-refractivity contribution in [3.8, 4) is 17.6 Å². The number of methoxy groups -OCH3 is 2. The summed E-state index contributed by atoms with van der Waals surface area (Å²) >= 11 is 1.45. The van der Waals surface area contributed by atoms with Crippen molar-refractivity contribution >= 4 is 22.2 Å². The van der Waals surface area contributed by atoms with E-state index in [9.17, 15) is 10.1 Å². The summed E-state index contributed by atoms with van der Waals surface area (Å²) in [5.41, 5.74) is 3.87. The van der Waals surface area contributed by atoms with Gasteiger partial charge in [-0.3, -0.25) is 9.69 Å². The largest absolute Gasteiger partial charge is 0.493 e. The van der Waals surface area contributed by atoms with Crippen LogP contribution in [0.5, 0.6) is 11.5 Å². The number of carbonyl (C=O) groups excluding carboxylic acids is 1. The number of nitriles is 1. The summed E-state index contributed by atoms with van der Waals surface area (Å²) < 4.78 is 10.8. The number of fused-ring (bicyclic) bond motifs is 1. The molecule has 0 fully saturated rings. The molecular formula is C20H23N3O3S. The van der Waals surface area contributed by atoms with Gasteiger partial charge in [0, 0.05) is 18.0 Å². The smallest absolute Gasteiger partial charge is 0.239 e. The van der Waals surface area contributed by atoms with Gasteiger partial charge in [-0.15, -0.1) is 11.3 Å². The number of carbonyl (C=O) groups is 1. The summed E-state index contributed by atoms with van der Waals surface area (Å²) in [6.07, 6.45) is 0.851. The number of benzene rings is 1. The molecule has 0 saturated heterocycles. The molecule has 1 aliphatic heterocycles. The van der Waals surface area contributed by atoms with Gasteiger partial charge in [0.25, 0.3) is 0 Å². The molecule has 0 bridgehead atoms. The third-order valence-electron chi connectivity index (χ3n) is 4.91. The molecule has 0 saturated carbocycles. The van der Waals surface area contributed by atoms with Gasteiger partial charge in [0.1, 0.15) is 11.1 Å². The fraction of sp³-hybridized carbons (Fsp3) is 0.400. The molecule has 27 heavy (non-hydrogen) atoms. The number of ether oxygens (including phenoxy) is 2. The lowest BCUT2D eigenvalue weighted by molar-refractivity contribution is -0.117. The Morgan fingerprint density at radius 1 is 1.26 bits per heavy atom. The Labute approximate surface area is 163 Å². The zero-order valence-corrected chi connectivity index (χ0v) is 16.8. The molecule has 6 nitrogen and oxygen atoms in total. The Bertz CT molecular complexity index is 914. The van der Waals surface area contributed by atoms with Gasteiger partial charge in [0.15, 0.2) is 11.5 Å². The molecule has 0 aliphatic carbocycles. The molecule has 1 amide bonds. The van der Waals surface area contributed by atoms with Gasteiger partial charge in [0.05, 0.1) is 26.3 Å². The highest BCUT2D eigenvalue weighted by Gasteiger charge is 2.22. The van der Waals surface area contributed by atoms with E-state index in [1.807, 2.05) is 26.0 Å². The zero-order chi connectivity index (χ0) is 19.6. The molecule has 1 aromatic carbocycles. The van der Waals surface area contributed by atoms with E-state index >= 15 is 0 Å².